The Hall–Kier alpha value is -1.65. The molecule has 1 aromatic carbocycles. The van der Waals surface area contributed by atoms with Gasteiger partial charge in [0.15, 0.2) is 5.69 Å². The molecule has 1 aromatic heterocycles. The lowest BCUT2D eigenvalue weighted by Crippen LogP contribution is -2.12. The first-order valence-electron chi connectivity index (χ1n) is 6.42. The highest BCUT2D eigenvalue weighted by atomic mass is 35.5. The van der Waals surface area contributed by atoms with Crippen LogP contribution in [0.25, 0.3) is 11.3 Å². The van der Waals surface area contributed by atoms with Crippen molar-refractivity contribution in [3.05, 3.63) is 45.3 Å². The third-order valence-electron chi connectivity index (χ3n) is 2.92. The molecule has 0 fully saturated rings. The summed E-state index contributed by atoms with van der Waals surface area (Å²) in [5, 5.41) is 0.809. The average molecular weight is 325 g/mol. The lowest BCUT2D eigenvalue weighted by Gasteiger charge is -2.11. The normalized spacial score (nSPS) is 10.5. The highest BCUT2D eigenvalue weighted by Crippen LogP contribution is 2.33. The zero-order valence-corrected chi connectivity index (χ0v) is 13.4. The van der Waals surface area contributed by atoms with E-state index in [9.17, 15) is 4.79 Å². The van der Waals surface area contributed by atoms with Gasteiger partial charge in [-0.2, -0.15) is 0 Å². The second kappa shape index (κ2) is 6.41. The lowest BCUT2D eigenvalue weighted by atomic mass is 10.1. The fourth-order valence-electron chi connectivity index (χ4n) is 1.97. The summed E-state index contributed by atoms with van der Waals surface area (Å²) in [5.41, 5.74) is 2.54. The molecule has 0 saturated heterocycles. The van der Waals surface area contributed by atoms with E-state index < -0.39 is 5.97 Å². The van der Waals surface area contributed by atoms with Gasteiger partial charge in [-0.15, -0.1) is 0 Å². The van der Waals surface area contributed by atoms with Crippen molar-refractivity contribution in [1.82, 2.24) is 9.97 Å². The molecule has 2 aromatic rings. The molecule has 0 atom stereocenters. The maximum atomic E-state index is 11.9. The van der Waals surface area contributed by atoms with Crippen LogP contribution in [-0.4, -0.2) is 22.5 Å². The molecule has 0 aliphatic carbocycles. The lowest BCUT2D eigenvalue weighted by molar-refractivity contribution is 0.0518. The Labute approximate surface area is 133 Å². The van der Waals surface area contributed by atoms with Crippen molar-refractivity contribution in [3.63, 3.8) is 0 Å². The van der Waals surface area contributed by atoms with Crippen molar-refractivity contribution in [2.24, 2.45) is 0 Å². The zero-order valence-electron chi connectivity index (χ0n) is 11.9. The summed E-state index contributed by atoms with van der Waals surface area (Å²) in [7, 11) is 0. The molecule has 110 valence electrons. The molecule has 0 N–H and O–H groups in total. The predicted octanol–water partition coefficient (Wildman–Crippen LogP) is 4.24. The first-order valence-corrected chi connectivity index (χ1v) is 7.18. The monoisotopic (exact) mass is 324 g/mol. The summed E-state index contributed by atoms with van der Waals surface area (Å²) in [6.07, 6.45) is 0. The maximum Gasteiger partial charge on any atom is 0.358 e. The third-order valence-corrected chi connectivity index (χ3v) is 3.74. The number of carbonyl (C=O) groups excluding carboxylic acids is 1. The quantitative estimate of drug-likeness (QED) is 0.792. The number of ether oxygens (including phenoxy) is 1. The molecule has 0 saturated carbocycles. The second-order valence-corrected chi connectivity index (χ2v) is 5.20. The molecule has 0 amide bonds. The van der Waals surface area contributed by atoms with Crippen molar-refractivity contribution in [2.45, 2.75) is 20.8 Å². The van der Waals surface area contributed by atoms with E-state index in [1.165, 1.54) is 0 Å². The molecule has 1 heterocycles. The molecule has 21 heavy (non-hydrogen) atoms. The van der Waals surface area contributed by atoms with Gasteiger partial charge >= 0.3 is 5.97 Å². The summed E-state index contributed by atoms with van der Waals surface area (Å²) in [4.78, 5) is 20.7. The van der Waals surface area contributed by atoms with Gasteiger partial charge in [-0.3, -0.25) is 4.98 Å². The van der Waals surface area contributed by atoms with E-state index >= 15 is 0 Å². The van der Waals surface area contributed by atoms with Gasteiger partial charge in [0.25, 0.3) is 0 Å². The van der Waals surface area contributed by atoms with Gasteiger partial charge in [0, 0.05) is 5.56 Å². The van der Waals surface area contributed by atoms with Crippen molar-refractivity contribution >= 4 is 29.2 Å². The Balaban J connectivity index is 2.61. The fraction of sp³-hybridized carbons (Fsp3) is 0.267. The van der Waals surface area contributed by atoms with Crippen LogP contribution in [0.5, 0.6) is 0 Å². The Kier molecular flexibility index (Phi) is 4.80. The minimum absolute atomic E-state index is 0.188. The predicted molar refractivity (Wildman–Crippen MR) is 82.9 cm³/mol. The first-order chi connectivity index (χ1) is 9.95. The van der Waals surface area contributed by atoms with E-state index in [0.717, 1.165) is 0 Å². The van der Waals surface area contributed by atoms with Gasteiger partial charge in [0.05, 0.1) is 33.7 Å². The number of aromatic nitrogens is 2. The number of aryl methyl sites for hydroxylation is 2. The van der Waals surface area contributed by atoms with Crippen LogP contribution in [0.1, 0.15) is 28.8 Å². The van der Waals surface area contributed by atoms with Crippen LogP contribution < -0.4 is 0 Å². The number of esters is 1. The van der Waals surface area contributed by atoms with E-state index in [-0.39, 0.29) is 12.3 Å². The van der Waals surface area contributed by atoms with Crippen LogP contribution in [0.3, 0.4) is 0 Å². The van der Waals surface area contributed by atoms with Crippen molar-refractivity contribution in [1.29, 1.82) is 0 Å². The van der Waals surface area contributed by atoms with Crippen LogP contribution in [-0.2, 0) is 4.74 Å². The molecule has 4 nitrogen and oxygen atoms in total. The third kappa shape index (κ3) is 3.17. The van der Waals surface area contributed by atoms with Crippen molar-refractivity contribution in [3.8, 4) is 11.3 Å². The highest BCUT2D eigenvalue weighted by molar-refractivity contribution is 6.43. The van der Waals surface area contributed by atoms with Crippen LogP contribution >= 0.6 is 23.2 Å². The van der Waals surface area contributed by atoms with E-state index in [1.807, 2.05) is 6.92 Å². The summed E-state index contributed by atoms with van der Waals surface area (Å²) in [5.74, 6) is -0.498. The summed E-state index contributed by atoms with van der Waals surface area (Å²) in [6, 6.07) is 5.25. The van der Waals surface area contributed by atoms with Gasteiger partial charge in [-0.25, -0.2) is 9.78 Å². The Morgan fingerprint density at radius 3 is 2.57 bits per heavy atom. The molecule has 0 bridgehead atoms. The van der Waals surface area contributed by atoms with Crippen LogP contribution in [0.4, 0.5) is 0 Å². The maximum absolute atomic E-state index is 11.9. The topological polar surface area (TPSA) is 52.1 Å². The van der Waals surface area contributed by atoms with Gasteiger partial charge < -0.3 is 4.74 Å². The molecule has 6 heteroatoms. The van der Waals surface area contributed by atoms with Gasteiger partial charge in [-0.05, 0) is 26.8 Å². The SMILES string of the molecule is CCOC(=O)c1nc(-c2cccc(Cl)c2Cl)c(C)nc1C. The first kappa shape index (κ1) is 15.7. The number of rotatable bonds is 3. The molecule has 0 radical (unpaired) electrons. The minimum Gasteiger partial charge on any atom is -0.461 e. The highest BCUT2D eigenvalue weighted by Gasteiger charge is 2.19. The van der Waals surface area contributed by atoms with Gasteiger partial charge in [-0.1, -0.05) is 35.3 Å². The molecular weight excluding hydrogens is 311 g/mol. The Morgan fingerprint density at radius 2 is 1.90 bits per heavy atom. The largest absolute Gasteiger partial charge is 0.461 e. The minimum atomic E-state index is -0.498. The number of benzene rings is 1. The van der Waals surface area contributed by atoms with Crippen molar-refractivity contribution in [2.75, 3.05) is 6.61 Å². The summed E-state index contributed by atoms with van der Waals surface area (Å²) >= 11 is 12.2. The summed E-state index contributed by atoms with van der Waals surface area (Å²) < 4.78 is 4.99. The van der Waals surface area contributed by atoms with Crippen molar-refractivity contribution < 1.29 is 9.53 Å². The smallest absolute Gasteiger partial charge is 0.358 e. The average Bonchev–Trinajstić information content (AvgIpc) is 2.43. The standard InChI is InChI=1S/C15H14Cl2N2O2/c1-4-21-15(20)14-9(3)18-8(2)13(19-14)10-6-5-7-11(16)12(10)17/h5-7H,4H2,1-3H3. The number of halogens is 2. The number of carbonyl (C=O) groups is 1. The number of hydrogen-bond acceptors (Lipinski definition) is 4. The van der Waals surface area contributed by atoms with Crippen LogP contribution in [0, 0.1) is 13.8 Å². The Bertz CT molecular complexity index is 702. The van der Waals surface area contributed by atoms with Gasteiger partial charge in [0.1, 0.15) is 0 Å². The molecule has 0 unspecified atom stereocenters. The second-order valence-electron chi connectivity index (χ2n) is 4.41. The van der Waals surface area contributed by atoms with E-state index in [1.54, 1.807) is 32.0 Å². The number of nitrogens with zero attached hydrogens (tertiary/aromatic N) is 2. The van der Waals surface area contributed by atoms with E-state index in [4.69, 9.17) is 27.9 Å². The molecule has 0 aliphatic rings. The Morgan fingerprint density at radius 1 is 1.19 bits per heavy atom. The molecule has 0 spiro atoms. The molecular formula is C15H14Cl2N2O2. The molecule has 2 rings (SSSR count). The summed E-state index contributed by atoms with van der Waals surface area (Å²) in [6.45, 7) is 5.54. The molecule has 0 aliphatic heterocycles. The van der Waals surface area contributed by atoms with Crippen LogP contribution in [0.15, 0.2) is 18.2 Å². The van der Waals surface area contributed by atoms with E-state index in [0.29, 0.717) is 32.7 Å². The van der Waals surface area contributed by atoms with Crippen LogP contribution in [0.2, 0.25) is 10.0 Å². The van der Waals surface area contributed by atoms with Gasteiger partial charge in [0.2, 0.25) is 0 Å². The fourth-order valence-corrected chi connectivity index (χ4v) is 2.36. The number of hydrogen-bond donors (Lipinski definition) is 0. The van der Waals surface area contributed by atoms with E-state index in [2.05, 4.69) is 9.97 Å². The zero-order chi connectivity index (χ0) is 15.6.